The molecule has 0 aliphatic rings. The van der Waals surface area contributed by atoms with Crippen molar-refractivity contribution in [2.75, 3.05) is 7.11 Å². The highest BCUT2D eigenvalue weighted by atomic mass is 16.6. The highest BCUT2D eigenvalue weighted by molar-refractivity contribution is 5.97. The number of amides is 1. The van der Waals surface area contributed by atoms with Gasteiger partial charge in [0.05, 0.1) is 23.8 Å². The SMILES string of the molecule is COC(=O)c1ccccc1-c1ccc(C=NNC(=O)c2ccc([N+](=O)[O-])cc2)o1. The lowest BCUT2D eigenvalue weighted by molar-refractivity contribution is -0.384. The van der Waals surface area contributed by atoms with Gasteiger partial charge in [-0.3, -0.25) is 14.9 Å². The van der Waals surface area contributed by atoms with Crippen LogP contribution in [0.4, 0.5) is 5.69 Å². The molecule has 0 saturated heterocycles. The van der Waals surface area contributed by atoms with E-state index in [-0.39, 0.29) is 11.3 Å². The second-order valence-electron chi connectivity index (χ2n) is 5.74. The Kier molecular flexibility index (Phi) is 5.79. The first-order valence-electron chi connectivity index (χ1n) is 8.35. The highest BCUT2D eigenvalue weighted by Gasteiger charge is 2.15. The number of nitrogens with one attached hydrogen (secondary N) is 1. The molecule has 1 aromatic heterocycles. The van der Waals surface area contributed by atoms with Gasteiger partial charge in [0.1, 0.15) is 11.5 Å². The standard InChI is InChI=1S/C20H15N3O6/c1-28-20(25)17-5-3-2-4-16(17)18-11-10-15(29-18)12-21-22-19(24)13-6-8-14(9-7-13)23(26)27/h2-12H,1H3,(H,22,24). The van der Waals surface area contributed by atoms with E-state index in [0.717, 1.165) is 0 Å². The van der Waals surface area contributed by atoms with Gasteiger partial charge in [-0.15, -0.1) is 0 Å². The number of nitro benzene ring substituents is 1. The molecule has 0 saturated carbocycles. The molecule has 1 N–H and O–H groups in total. The molecule has 146 valence electrons. The molecule has 29 heavy (non-hydrogen) atoms. The zero-order chi connectivity index (χ0) is 20.8. The summed E-state index contributed by atoms with van der Waals surface area (Å²) in [7, 11) is 1.30. The first-order valence-corrected chi connectivity index (χ1v) is 8.35. The van der Waals surface area contributed by atoms with Crippen LogP contribution < -0.4 is 5.43 Å². The molecule has 1 heterocycles. The van der Waals surface area contributed by atoms with Crippen LogP contribution in [0, 0.1) is 10.1 Å². The van der Waals surface area contributed by atoms with Crippen molar-refractivity contribution in [3.05, 3.63) is 87.7 Å². The molecule has 1 amide bonds. The summed E-state index contributed by atoms with van der Waals surface area (Å²) in [6, 6.07) is 15.3. The van der Waals surface area contributed by atoms with Crippen LogP contribution in [0.15, 0.2) is 70.2 Å². The summed E-state index contributed by atoms with van der Waals surface area (Å²) in [5, 5.41) is 14.4. The quantitative estimate of drug-likeness (QED) is 0.296. The maximum atomic E-state index is 12.0. The van der Waals surface area contributed by atoms with Crippen LogP contribution in [0.2, 0.25) is 0 Å². The number of nitro groups is 1. The number of carbonyl (C=O) groups excluding carboxylic acids is 2. The molecular weight excluding hydrogens is 378 g/mol. The Hall–Kier alpha value is -4.27. The third kappa shape index (κ3) is 4.53. The van der Waals surface area contributed by atoms with E-state index in [4.69, 9.17) is 9.15 Å². The van der Waals surface area contributed by atoms with Gasteiger partial charge < -0.3 is 9.15 Å². The van der Waals surface area contributed by atoms with Crippen molar-refractivity contribution in [3.8, 4) is 11.3 Å². The average Bonchev–Trinajstić information content (AvgIpc) is 3.22. The Morgan fingerprint density at radius 2 is 1.83 bits per heavy atom. The van der Waals surface area contributed by atoms with Gasteiger partial charge in [0.25, 0.3) is 11.6 Å². The maximum absolute atomic E-state index is 12.0. The van der Waals surface area contributed by atoms with Crippen molar-refractivity contribution in [2.45, 2.75) is 0 Å². The number of furan rings is 1. The predicted molar refractivity (Wildman–Crippen MR) is 104 cm³/mol. The average molecular weight is 393 g/mol. The van der Waals surface area contributed by atoms with Crippen LogP contribution in [0.3, 0.4) is 0 Å². The topological polar surface area (TPSA) is 124 Å². The third-order valence-corrected chi connectivity index (χ3v) is 3.92. The third-order valence-electron chi connectivity index (χ3n) is 3.92. The zero-order valence-corrected chi connectivity index (χ0v) is 15.2. The van der Waals surface area contributed by atoms with Crippen molar-refractivity contribution in [2.24, 2.45) is 5.10 Å². The molecule has 0 fully saturated rings. The molecule has 0 aliphatic carbocycles. The Morgan fingerprint density at radius 3 is 2.52 bits per heavy atom. The summed E-state index contributed by atoms with van der Waals surface area (Å²) in [5.74, 6) is -0.223. The number of non-ortho nitro benzene ring substituents is 1. The molecule has 2 aromatic carbocycles. The number of methoxy groups -OCH3 is 1. The minimum atomic E-state index is -0.549. The second-order valence-corrected chi connectivity index (χ2v) is 5.74. The van der Waals surface area contributed by atoms with Crippen LogP contribution in [0.25, 0.3) is 11.3 Å². The number of hydrazone groups is 1. The Morgan fingerprint density at radius 1 is 1.10 bits per heavy atom. The summed E-state index contributed by atoms with van der Waals surface area (Å²) in [5.41, 5.74) is 3.35. The van der Waals surface area contributed by atoms with Crippen molar-refractivity contribution in [3.63, 3.8) is 0 Å². The van der Waals surface area contributed by atoms with Gasteiger partial charge in [-0.1, -0.05) is 18.2 Å². The van der Waals surface area contributed by atoms with E-state index in [9.17, 15) is 19.7 Å². The number of ether oxygens (including phenoxy) is 1. The van der Waals surface area contributed by atoms with Gasteiger partial charge >= 0.3 is 5.97 Å². The Balaban J connectivity index is 1.69. The molecule has 0 spiro atoms. The smallest absolute Gasteiger partial charge is 0.338 e. The van der Waals surface area contributed by atoms with Crippen LogP contribution in [-0.2, 0) is 4.74 Å². The predicted octanol–water partition coefficient (Wildman–Crippen LogP) is 3.41. The van der Waals surface area contributed by atoms with Gasteiger partial charge in [-0.2, -0.15) is 5.10 Å². The zero-order valence-electron chi connectivity index (χ0n) is 15.2. The maximum Gasteiger partial charge on any atom is 0.338 e. The van der Waals surface area contributed by atoms with Crippen molar-refractivity contribution in [1.29, 1.82) is 0 Å². The van der Waals surface area contributed by atoms with E-state index >= 15 is 0 Å². The van der Waals surface area contributed by atoms with E-state index < -0.39 is 16.8 Å². The van der Waals surface area contributed by atoms with Crippen LogP contribution in [-0.4, -0.2) is 30.1 Å². The van der Waals surface area contributed by atoms with Crippen LogP contribution in [0.5, 0.6) is 0 Å². The second kappa shape index (κ2) is 8.61. The fourth-order valence-corrected chi connectivity index (χ4v) is 2.51. The van der Waals surface area contributed by atoms with Crippen molar-refractivity contribution in [1.82, 2.24) is 5.43 Å². The number of benzene rings is 2. The Labute approximate surface area is 164 Å². The minimum Gasteiger partial charge on any atom is -0.465 e. The molecule has 0 radical (unpaired) electrons. The molecule has 3 rings (SSSR count). The van der Waals surface area contributed by atoms with Gasteiger partial charge in [0, 0.05) is 23.3 Å². The summed E-state index contributed by atoms with van der Waals surface area (Å²) >= 11 is 0. The molecule has 0 aliphatic heterocycles. The summed E-state index contributed by atoms with van der Waals surface area (Å²) in [6.07, 6.45) is 1.30. The number of rotatable bonds is 6. The normalized spacial score (nSPS) is 10.7. The summed E-state index contributed by atoms with van der Waals surface area (Å²) < 4.78 is 10.4. The lowest BCUT2D eigenvalue weighted by atomic mass is 10.1. The van der Waals surface area contributed by atoms with E-state index in [2.05, 4.69) is 10.5 Å². The molecule has 9 nitrogen and oxygen atoms in total. The Bertz CT molecular complexity index is 1090. The number of nitrogens with zero attached hydrogens (tertiary/aromatic N) is 2. The molecule has 0 unspecified atom stereocenters. The van der Waals surface area contributed by atoms with Crippen LogP contribution >= 0.6 is 0 Å². The molecular formula is C20H15N3O6. The van der Waals surface area contributed by atoms with Gasteiger partial charge in [-0.05, 0) is 30.3 Å². The first-order chi connectivity index (χ1) is 14.0. The van der Waals surface area contributed by atoms with Gasteiger partial charge in [0.2, 0.25) is 0 Å². The number of hydrogen-bond acceptors (Lipinski definition) is 7. The monoisotopic (exact) mass is 393 g/mol. The number of esters is 1. The molecule has 3 aromatic rings. The fourth-order valence-electron chi connectivity index (χ4n) is 2.51. The first kappa shape index (κ1) is 19.5. The lowest BCUT2D eigenvalue weighted by Gasteiger charge is -2.04. The largest absolute Gasteiger partial charge is 0.465 e. The number of carbonyl (C=O) groups is 2. The van der Waals surface area contributed by atoms with E-state index in [1.54, 1.807) is 36.4 Å². The van der Waals surface area contributed by atoms with E-state index in [0.29, 0.717) is 22.6 Å². The minimum absolute atomic E-state index is 0.111. The summed E-state index contributed by atoms with van der Waals surface area (Å²) in [4.78, 5) is 34.0. The van der Waals surface area contributed by atoms with Crippen molar-refractivity contribution >= 4 is 23.8 Å². The fraction of sp³-hybridized carbons (Fsp3) is 0.0500. The lowest BCUT2D eigenvalue weighted by Crippen LogP contribution is -2.17. The van der Waals surface area contributed by atoms with Gasteiger partial charge in [0.15, 0.2) is 0 Å². The van der Waals surface area contributed by atoms with E-state index in [1.807, 2.05) is 0 Å². The number of hydrogen-bond donors (Lipinski definition) is 1. The molecule has 9 heteroatoms. The molecule has 0 bridgehead atoms. The van der Waals surface area contributed by atoms with Crippen LogP contribution in [0.1, 0.15) is 26.5 Å². The van der Waals surface area contributed by atoms with Crippen molar-refractivity contribution < 1.29 is 23.7 Å². The van der Waals surface area contributed by atoms with E-state index in [1.165, 1.54) is 37.6 Å². The van der Waals surface area contributed by atoms with Gasteiger partial charge in [-0.25, -0.2) is 10.2 Å². The summed E-state index contributed by atoms with van der Waals surface area (Å²) in [6.45, 7) is 0. The highest BCUT2D eigenvalue weighted by Crippen LogP contribution is 2.26. The molecule has 0 atom stereocenters.